The Morgan fingerprint density at radius 3 is 2.89 bits per heavy atom. The molecule has 4 nitrogen and oxygen atoms in total. The third-order valence-corrected chi connectivity index (χ3v) is 2.95. The molecule has 0 aliphatic rings. The van der Waals surface area contributed by atoms with Crippen LogP contribution in [0.25, 0.3) is 11.1 Å². The van der Waals surface area contributed by atoms with Crippen LogP contribution in [0, 0.1) is 5.92 Å². The Bertz CT molecular complexity index is 519. The summed E-state index contributed by atoms with van der Waals surface area (Å²) in [7, 11) is 2.09. The van der Waals surface area contributed by atoms with Gasteiger partial charge in [0.1, 0.15) is 5.52 Å². The zero-order valence-corrected chi connectivity index (χ0v) is 11.3. The summed E-state index contributed by atoms with van der Waals surface area (Å²) in [6.07, 6.45) is 1.18. The van der Waals surface area contributed by atoms with E-state index in [0.717, 1.165) is 41.7 Å². The van der Waals surface area contributed by atoms with E-state index in [4.69, 9.17) is 10.2 Å². The van der Waals surface area contributed by atoms with Crippen LogP contribution in [0.2, 0.25) is 0 Å². The summed E-state index contributed by atoms with van der Waals surface area (Å²) in [5.74, 6) is 1.47. The van der Waals surface area contributed by atoms with Crippen molar-refractivity contribution in [3.63, 3.8) is 0 Å². The average molecular weight is 247 g/mol. The zero-order valence-electron chi connectivity index (χ0n) is 11.3. The molecule has 1 heterocycles. The van der Waals surface area contributed by atoms with Gasteiger partial charge < -0.3 is 10.2 Å². The summed E-state index contributed by atoms with van der Waals surface area (Å²) >= 11 is 0. The Morgan fingerprint density at radius 1 is 1.39 bits per heavy atom. The zero-order chi connectivity index (χ0) is 13.1. The number of nitrogen functional groups attached to an aromatic ring is 1. The number of oxazole rings is 1. The van der Waals surface area contributed by atoms with Gasteiger partial charge in [-0.3, -0.25) is 4.90 Å². The van der Waals surface area contributed by atoms with Crippen LogP contribution in [0.1, 0.15) is 26.2 Å². The number of hydrogen-bond donors (Lipinski definition) is 1. The fourth-order valence-electron chi connectivity index (χ4n) is 1.85. The normalized spacial score (nSPS) is 11.8. The van der Waals surface area contributed by atoms with Gasteiger partial charge >= 0.3 is 0 Å². The van der Waals surface area contributed by atoms with Crippen LogP contribution < -0.4 is 5.73 Å². The first kappa shape index (κ1) is 12.9. The number of hydrogen-bond acceptors (Lipinski definition) is 4. The van der Waals surface area contributed by atoms with Crippen LogP contribution in [0.4, 0.5) is 5.69 Å². The van der Waals surface area contributed by atoms with Crippen molar-refractivity contribution in [2.75, 3.05) is 19.3 Å². The van der Waals surface area contributed by atoms with Crippen molar-refractivity contribution in [3.05, 3.63) is 24.1 Å². The molecule has 1 aromatic heterocycles. The molecule has 2 rings (SSSR count). The highest BCUT2D eigenvalue weighted by Crippen LogP contribution is 2.19. The highest BCUT2D eigenvalue weighted by atomic mass is 16.3. The summed E-state index contributed by atoms with van der Waals surface area (Å²) in [5, 5.41) is 0. The van der Waals surface area contributed by atoms with E-state index in [1.165, 1.54) is 6.42 Å². The van der Waals surface area contributed by atoms with Gasteiger partial charge in [0.15, 0.2) is 5.58 Å². The Balaban J connectivity index is 2.03. The predicted octanol–water partition coefficient (Wildman–Crippen LogP) is 2.89. The van der Waals surface area contributed by atoms with E-state index in [9.17, 15) is 0 Å². The first-order valence-electron chi connectivity index (χ1n) is 6.38. The van der Waals surface area contributed by atoms with Gasteiger partial charge in [-0.05, 0) is 44.1 Å². The highest BCUT2D eigenvalue weighted by Gasteiger charge is 2.09. The van der Waals surface area contributed by atoms with E-state index in [2.05, 4.69) is 30.8 Å². The second kappa shape index (κ2) is 5.40. The largest absolute Gasteiger partial charge is 0.439 e. The molecule has 2 N–H and O–H groups in total. The molecule has 0 saturated heterocycles. The van der Waals surface area contributed by atoms with E-state index in [0.29, 0.717) is 0 Å². The van der Waals surface area contributed by atoms with Crippen LogP contribution in [-0.2, 0) is 6.54 Å². The quantitative estimate of drug-likeness (QED) is 0.825. The number of aromatic nitrogens is 1. The molecule has 0 amide bonds. The highest BCUT2D eigenvalue weighted by molar-refractivity contribution is 5.76. The maximum Gasteiger partial charge on any atom is 0.209 e. The lowest BCUT2D eigenvalue weighted by Gasteiger charge is -2.15. The molecule has 0 bridgehead atoms. The van der Waals surface area contributed by atoms with Crippen molar-refractivity contribution < 1.29 is 4.42 Å². The smallest absolute Gasteiger partial charge is 0.209 e. The number of rotatable bonds is 5. The van der Waals surface area contributed by atoms with Crippen LogP contribution in [0.15, 0.2) is 22.6 Å². The first-order chi connectivity index (χ1) is 8.54. The Morgan fingerprint density at radius 2 is 2.17 bits per heavy atom. The molecule has 98 valence electrons. The Hall–Kier alpha value is -1.55. The van der Waals surface area contributed by atoms with Crippen molar-refractivity contribution in [1.82, 2.24) is 9.88 Å². The molecule has 0 fully saturated rings. The molecule has 1 aromatic carbocycles. The maximum absolute atomic E-state index is 5.72. The van der Waals surface area contributed by atoms with Crippen LogP contribution in [-0.4, -0.2) is 23.5 Å². The SMILES string of the molecule is CC(C)CCN(C)Cc1nc2cc(N)ccc2o1. The van der Waals surface area contributed by atoms with Gasteiger partial charge in [0.25, 0.3) is 0 Å². The van der Waals surface area contributed by atoms with Crippen molar-refractivity contribution in [2.24, 2.45) is 5.92 Å². The summed E-state index contributed by atoms with van der Waals surface area (Å²) in [6.45, 7) is 6.26. The number of fused-ring (bicyclic) bond motifs is 1. The molecule has 18 heavy (non-hydrogen) atoms. The van der Waals surface area contributed by atoms with Gasteiger partial charge in [0.05, 0.1) is 6.54 Å². The fourth-order valence-corrected chi connectivity index (χ4v) is 1.85. The second-order valence-corrected chi connectivity index (χ2v) is 5.26. The number of nitrogens with two attached hydrogens (primary N) is 1. The predicted molar refractivity (Wildman–Crippen MR) is 74.2 cm³/mol. The molecule has 4 heteroatoms. The second-order valence-electron chi connectivity index (χ2n) is 5.26. The van der Waals surface area contributed by atoms with E-state index in [1.54, 1.807) is 0 Å². The summed E-state index contributed by atoms with van der Waals surface area (Å²) in [5.41, 5.74) is 8.08. The van der Waals surface area contributed by atoms with Crippen molar-refractivity contribution in [2.45, 2.75) is 26.8 Å². The topological polar surface area (TPSA) is 55.3 Å². The summed E-state index contributed by atoms with van der Waals surface area (Å²) in [6, 6.07) is 5.55. The van der Waals surface area contributed by atoms with Crippen molar-refractivity contribution in [3.8, 4) is 0 Å². The molecule has 0 aliphatic heterocycles. The van der Waals surface area contributed by atoms with E-state index < -0.39 is 0 Å². The van der Waals surface area contributed by atoms with Gasteiger partial charge in [-0.25, -0.2) is 4.98 Å². The maximum atomic E-state index is 5.72. The standard InChI is InChI=1S/C14H21N3O/c1-10(2)6-7-17(3)9-14-16-12-8-11(15)4-5-13(12)18-14/h4-5,8,10H,6-7,9,15H2,1-3H3. The Kier molecular flexibility index (Phi) is 3.87. The molecular formula is C14H21N3O. The third-order valence-electron chi connectivity index (χ3n) is 2.95. The molecule has 0 radical (unpaired) electrons. The van der Waals surface area contributed by atoms with Crippen molar-refractivity contribution >= 4 is 16.8 Å². The van der Waals surface area contributed by atoms with Gasteiger partial charge in [0.2, 0.25) is 5.89 Å². The van der Waals surface area contributed by atoms with Gasteiger partial charge in [-0.2, -0.15) is 0 Å². The first-order valence-corrected chi connectivity index (χ1v) is 6.38. The Labute approximate surface area is 108 Å². The van der Waals surface area contributed by atoms with Crippen LogP contribution >= 0.6 is 0 Å². The minimum absolute atomic E-state index is 0.718. The monoisotopic (exact) mass is 247 g/mol. The molecule has 0 saturated carbocycles. The minimum Gasteiger partial charge on any atom is -0.439 e. The van der Waals surface area contributed by atoms with Gasteiger partial charge in [0, 0.05) is 5.69 Å². The van der Waals surface area contributed by atoms with Crippen molar-refractivity contribution in [1.29, 1.82) is 0 Å². The molecule has 0 aliphatic carbocycles. The van der Waals surface area contributed by atoms with E-state index in [-0.39, 0.29) is 0 Å². The van der Waals surface area contributed by atoms with E-state index in [1.807, 2.05) is 18.2 Å². The minimum atomic E-state index is 0.718. The number of anilines is 1. The molecule has 0 spiro atoms. The van der Waals surface area contributed by atoms with Gasteiger partial charge in [-0.1, -0.05) is 13.8 Å². The number of nitrogens with zero attached hydrogens (tertiary/aromatic N) is 2. The average Bonchev–Trinajstić information content (AvgIpc) is 2.67. The third kappa shape index (κ3) is 3.23. The molecule has 0 unspecified atom stereocenters. The lowest BCUT2D eigenvalue weighted by molar-refractivity contribution is 0.275. The summed E-state index contributed by atoms with van der Waals surface area (Å²) < 4.78 is 5.69. The lowest BCUT2D eigenvalue weighted by Crippen LogP contribution is -2.20. The van der Waals surface area contributed by atoms with Crippen LogP contribution in [0.3, 0.4) is 0 Å². The molecule has 2 aromatic rings. The molecule has 0 atom stereocenters. The van der Waals surface area contributed by atoms with E-state index >= 15 is 0 Å². The number of benzene rings is 1. The summed E-state index contributed by atoms with van der Waals surface area (Å²) in [4.78, 5) is 6.68. The molecular weight excluding hydrogens is 226 g/mol. The lowest BCUT2D eigenvalue weighted by atomic mass is 10.1. The fraction of sp³-hybridized carbons (Fsp3) is 0.500. The van der Waals surface area contributed by atoms with Crippen LogP contribution in [0.5, 0.6) is 0 Å². The van der Waals surface area contributed by atoms with Gasteiger partial charge in [-0.15, -0.1) is 0 Å².